The molecule has 0 radical (unpaired) electrons. The third-order valence-corrected chi connectivity index (χ3v) is 4.40. The topological polar surface area (TPSA) is 0 Å². The SMILES string of the molecule is FC(F)(F)c1ccc([C@H]2C[C@]2(c2ccccc2)C(F)(F)F)cc1. The zero-order chi connectivity index (χ0) is 16.9. The van der Waals surface area contributed by atoms with Crippen LogP contribution in [-0.4, -0.2) is 6.18 Å². The average molecular weight is 330 g/mol. The van der Waals surface area contributed by atoms with Gasteiger partial charge in [0.15, 0.2) is 0 Å². The normalized spacial score (nSPS) is 24.5. The summed E-state index contributed by atoms with van der Waals surface area (Å²) in [5.41, 5.74) is -2.44. The van der Waals surface area contributed by atoms with Gasteiger partial charge in [0.05, 0.1) is 11.0 Å². The molecule has 0 N–H and O–H groups in total. The van der Waals surface area contributed by atoms with Gasteiger partial charge in [-0.1, -0.05) is 42.5 Å². The molecule has 0 spiro atoms. The van der Waals surface area contributed by atoms with Gasteiger partial charge in [-0.15, -0.1) is 0 Å². The Kier molecular flexibility index (Phi) is 3.46. The molecule has 23 heavy (non-hydrogen) atoms. The number of alkyl halides is 6. The van der Waals surface area contributed by atoms with E-state index in [0.717, 1.165) is 24.3 Å². The molecule has 122 valence electrons. The summed E-state index contributed by atoms with van der Waals surface area (Å²) in [5.74, 6) is -0.854. The minimum atomic E-state index is -4.50. The molecule has 0 amide bonds. The highest BCUT2D eigenvalue weighted by molar-refractivity contribution is 5.45. The van der Waals surface area contributed by atoms with Crippen molar-refractivity contribution in [2.75, 3.05) is 0 Å². The van der Waals surface area contributed by atoms with E-state index in [0.29, 0.717) is 0 Å². The summed E-state index contributed by atoms with van der Waals surface area (Å²) in [6.07, 6.45) is -9.10. The van der Waals surface area contributed by atoms with Crippen molar-refractivity contribution in [3.63, 3.8) is 0 Å². The van der Waals surface area contributed by atoms with Gasteiger partial charge in [-0.05, 0) is 29.7 Å². The summed E-state index contributed by atoms with van der Waals surface area (Å²) in [5, 5.41) is 0. The molecule has 0 aromatic heterocycles. The first-order valence-electron chi connectivity index (χ1n) is 6.96. The van der Waals surface area contributed by atoms with Crippen LogP contribution in [0.1, 0.15) is 29.0 Å². The molecule has 0 nitrogen and oxygen atoms in total. The van der Waals surface area contributed by atoms with E-state index in [1.165, 1.54) is 24.3 Å². The fourth-order valence-corrected chi connectivity index (χ4v) is 3.10. The molecule has 6 heteroatoms. The molecule has 0 saturated heterocycles. The highest BCUT2D eigenvalue weighted by Gasteiger charge is 2.71. The van der Waals surface area contributed by atoms with Crippen LogP contribution in [0.15, 0.2) is 54.6 Å². The lowest BCUT2D eigenvalue weighted by molar-refractivity contribution is -0.162. The first-order chi connectivity index (χ1) is 10.7. The standard InChI is InChI=1S/C17H12F6/c18-16(19,20)13-8-6-11(7-9-13)14-10-15(14,17(21,22)23)12-4-2-1-3-5-12/h1-9,14H,10H2/t14-,15-/m1/s1. The molecular formula is C17H12F6. The Morgan fingerprint density at radius 3 is 1.83 bits per heavy atom. The second-order valence-corrected chi connectivity index (χ2v) is 5.71. The molecule has 2 atom stereocenters. The Balaban J connectivity index is 1.96. The van der Waals surface area contributed by atoms with Crippen LogP contribution in [0.5, 0.6) is 0 Å². The van der Waals surface area contributed by atoms with E-state index in [1.807, 2.05) is 0 Å². The van der Waals surface area contributed by atoms with Crippen LogP contribution in [0.4, 0.5) is 26.3 Å². The summed E-state index contributed by atoms with van der Waals surface area (Å²) in [4.78, 5) is 0. The molecular weight excluding hydrogens is 318 g/mol. The van der Waals surface area contributed by atoms with Gasteiger partial charge in [-0.25, -0.2) is 0 Å². The molecule has 1 saturated carbocycles. The Morgan fingerprint density at radius 2 is 1.35 bits per heavy atom. The van der Waals surface area contributed by atoms with Gasteiger partial charge < -0.3 is 0 Å². The monoisotopic (exact) mass is 330 g/mol. The number of hydrogen-bond donors (Lipinski definition) is 0. The quantitative estimate of drug-likeness (QED) is 0.620. The molecule has 0 aliphatic heterocycles. The number of hydrogen-bond acceptors (Lipinski definition) is 0. The smallest absolute Gasteiger partial charge is 0.170 e. The molecule has 0 bridgehead atoms. The van der Waals surface area contributed by atoms with Crippen molar-refractivity contribution in [2.24, 2.45) is 0 Å². The Bertz CT molecular complexity index is 684. The van der Waals surface area contributed by atoms with Gasteiger partial charge in [0.1, 0.15) is 0 Å². The van der Waals surface area contributed by atoms with Crippen molar-refractivity contribution in [3.8, 4) is 0 Å². The van der Waals surface area contributed by atoms with Crippen LogP contribution >= 0.6 is 0 Å². The van der Waals surface area contributed by atoms with E-state index in [4.69, 9.17) is 0 Å². The Hall–Kier alpha value is -1.98. The summed E-state index contributed by atoms with van der Waals surface area (Å²) in [6.45, 7) is 0. The van der Waals surface area contributed by atoms with E-state index in [9.17, 15) is 26.3 Å². The van der Waals surface area contributed by atoms with Crippen molar-refractivity contribution in [2.45, 2.75) is 30.1 Å². The minimum absolute atomic E-state index is 0.147. The van der Waals surface area contributed by atoms with E-state index < -0.39 is 29.2 Å². The number of rotatable bonds is 2. The van der Waals surface area contributed by atoms with Crippen LogP contribution in [0, 0.1) is 0 Å². The fraction of sp³-hybridized carbons (Fsp3) is 0.294. The van der Waals surface area contributed by atoms with Crippen molar-refractivity contribution in [1.29, 1.82) is 0 Å². The van der Waals surface area contributed by atoms with Gasteiger partial charge in [-0.2, -0.15) is 26.3 Å². The van der Waals surface area contributed by atoms with Gasteiger partial charge in [0.25, 0.3) is 0 Å². The van der Waals surface area contributed by atoms with Gasteiger partial charge in [0.2, 0.25) is 0 Å². The summed E-state index contributed by atoms with van der Waals surface area (Å²) in [7, 11) is 0. The minimum Gasteiger partial charge on any atom is -0.170 e. The van der Waals surface area contributed by atoms with E-state index in [2.05, 4.69) is 0 Å². The largest absolute Gasteiger partial charge is 0.416 e. The van der Waals surface area contributed by atoms with Crippen molar-refractivity contribution >= 4 is 0 Å². The van der Waals surface area contributed by atoms with Crippen LogP contribution in [0.25, 0.3) is 0 Å². The Morgan fingerprint density at radius 1 is 0.783 bits per heavy atom. The van der Waals surface area contributed by atoms with Gasteiger partial charge in [-0.3, -0.25) is 0 Å². The predicted molar refractivity (Wildman–Crippen MR) is 73.0 cm³/mol. The van der Waals surface area contributed by atoms with Gasteiger partial charge >= 0.3 is 12.4 Å². The molecule has 0 heterocycles. The third-order valence-electron chi connectivity index (χ3n) is 4.40. The second kappa shape index (κ2) is 5.01. The maximum atomic E-state index is 13.6. The van der Waals surface area contributed by atoms with Crippen LogP contribution in [-0.2, 0) is 11.6 Å². The lowest BCUT2D eigenvalue weighted by Crippen LogP contribution is -2.30. The second-order valence-electron chi connectivity index (χ2n) is 5.71. The predicted octanol–water partition coefficient (Wildman–Crippen LogP) is 5.69. The molecule has 3 rings (SSSR count). The average Bonchev–Trinajstić information content (AvgIpc) is 3.24. The summed E-state index contributed by atoms with van der Waals surface area (Å²) >= 11 is 0. The molecule has 1 aliphatic carbocycles. The highest BCUT2D eigenvalue weighted by atomic mass is 19.4. The maximum Gasteiger partial charge on any atom is 0.416 e. The van der Waals surface area contributed by atoms with Crippen LogP contribution in [0.2, 0.25) is 0 Å². The van der Waals surface area contributed by atoms with Crippen molar-refractivity contribution in [1.82, 2.24) is 0 Å². The number of halogens is 6. The van der Waals surface area contributed by atoms with Crippen LogP contribution in [0.3, 0.4) is 0 Å². The van der Waals surface area contributed by atoms with Crippen LogP contribution < -0.4 is 0 Å². The third kappa shape index (κ3) is 2.60. The molecule has 1 fully saturated rings. The van der Waals surface area contributed by atoms with E-state index in [-0.39, 0.29) is 17.5 Å². The lowest BCUT2D eigenvalue weighted by Gasteiger charge is -2.22. The zero-order valence-electron chi connectivity index (χ0n) is 11.7. The lowest BCUT2D eigenvalue weighted by atomic mass is 9.90. The van der Waals surface area contributed by atoms with Gasteiger partial charge in [0, 0.05) is 5.92 Å². The van der Waals surface area contributed by atoms with E-state index in [1.54, 1.807) is 6.07 Å². The number of benzene rings is 2. The zero-order valence-corrected chi connectivity index (χ0v) is 11.7. The fourth-order valence-electron chi connectivity index (χ4n) is 3.10. The van der Waals surface area contributed by atoms with Crippen molar-refractivity contribution in [3.05, 3.63) is 71.3 Å². The maximum absolute atomic E-state index is 13.6. The molecule has 1 aliphatic rings. The molecule has 0 unspecified atom stereocenters. The molecule has 2 aromatic carbocycles. The summed E-state index contributed by atoms with van der Waals surface area (Å²) < 4.78 is 78.5. The molecule has 2 aromatic rings. The highest BCUT2D eigenvalue weighted by Crippen LogP contribution is 2.68. The summed E-state index contributed by atoms with van der Waals surface area (Å²) in [6, 6.07) is 11.5. The van der Waals surface area contributed by atoms with Crippen molar-refractivity contribution < 1.29 is 26.3 Å². The first-order valence-corrected chi connectivity index (χ1v) is 6.96. The van der Waals surface area contributed by atoms with E-state index >= 15 is 0 Å². The first kappa shape index (κ1) is 15.9. The Labute approximate surface area is 128 Å².